The van der Waals surface area contributed by atoms with E-state index in [0.29, 0.717) is 25.3 Å². The number of anilines is 1. The van der Waals surface area contributed by atoms with Gasteiger partial charge in [0, 0.05) is 25.0 Å². The maximum absolute atomic E-state index is 11.9. The highest BCUT2D eigenvalue weighted by Gasteiger charge is 2.06. The number of aromatic nitrogens is 3. The number of benzene rings is 1. The molecule has 0 bridgehead atoms. The number of amides is 2. The van der Waals surface area contributed by atoms with Crippen LogP contribution in [0.3, 0.4) is 0 Å². The zero-order chi connectivity index (χ0) is 17.5. The summed E-state index contributed by atoms with van der Waals surface area (Å²) in [6.07, 6.45) is 4.07. The zero-order valence-electron chi connectivity index (χ0n) is 13.6. The summed E-state index contributed by atoms with van der Waals surface area (Å²) in [5.41, 5.74) is 1.69. The number of para-hydroxylation sites is 1. The van der Waals surface area contributed by atoms with Gasteiger partial charge in [-0.05, 0) is 30.2 Å². The van der Waals surface area contributed by atoms with Crippen LogP contribution in [0.15, 0.2) is 60.9 Å². The quantitative estimate of drug-likeness (QED) is 0.644. The lowest BCUT2D eigenvalue weighted by molar-refractivity contribution is 0.252. The summed E-state index contributed by atoms with van der Waals surface area (Å²) in [6, 6.07) is 14.2. The van der Waals surface area contributed by atoms with Crippen LogP contribution in [0, 0.1) is 0 Å². The van der Waals surface area contributed by atoms with Gasteiger partial charge in [0.05, 0.1) is 12.2 Å². The Balaban J connectivity index is 1.46. The first kappa shape index (κ1) is 16.5. The molecular weight excluding hydrogens is 318 g/mol. The number of urea groups is 1. The van der Waals surface area contributed by atoms with E-state index in [0.717, 1.165) is 11.3 Å². The molecule has 1 aromatic carbocycles. The molecule has 3 N–H and O–H groups in total. The molecule has 3 rings (SSSR count). The number of hydrogen-bond acceptors (Lipinski definition) is 4. The van der Waals surface area contributed by atoms with Crippen LogP contribution in [0.4, 0.5) is 10.6 Å². The molecular formula is C18H19N5O2. The van der Waals surface area contributed by atoms with E-state index in [-0.39, 0.29) is 11.8 Å². The largest absolute Gasteiger partial charge is 0.508 e. The number of pyridine rings is 1. The second-order valence-corrected chi connectivity index (χ2v) is 5.48. The Morgan fingerprint density at radius 2 is 1.96 bits per heavy atom. The van der Waals surface area contributed by atoms with Crippen molar-refractivity contribution >= 4 is 11.8 Å². The highest BCUT2D eigenvalue weighted by Crippen LogP contribution is 2.15. The number of rotatable bonds is 6. The van der Waals surface area contributed by atoms with Crippen molar-refractivity contribution in [3.8, 4) is 5.75 Å². The van der Waals surface area contributed by atoms with Crippen LogP contribution in [0.1, 0.15) is 11.3 Å². The molecule has 0 radical (unpaired) electrons. The van der Waals surface area contributed by atoms with Gasteiger partial charge in [0.15, 0.2) is 5.82 Å². The Kier molecular flexibility index (Phi) is 5.26. The van der Waals surface area contributed by atoms with Gasteiger partial charge in [0.1, 0.15) is 5.75 Å². The third-order valence-corrected chi connectivity index (χ3v) is 3.60. The van der Waals surface area contributed by atoms with E-state index in [1.807, 2.05) is 30.3 Å². The highest BCUT2D eigenvalue weighted by molar-refractivity contribution is 5.88. The van der Waals surface area contributed by atoms with Gasteiger partial charge in [-0.25, -0.2) is 4.79 Å². The molecule has 0 aliphatic rings. The van der Waals surface area contributed by atoms with Gasteiger partial charge < -0.3 is 10.4 Å². The number of hydrogen-bond donors (Lipinski definition) is 3. The number of phenols is 1. The minimum absolute atomic E-state index is 0.234. The molecule has 7 nitrogen and oxygen atoms in total. The molecule has 3 aromatic rings. The molecule has 0 aliphatic carbocycles. The minimum atomic E-state index is -0.335. The highest BCUT2D eigenvalue weighted by atomic mass is 16.3. The van der Waals surface area contributed by atoms with Crippen LogP contribution in [-0.2, 0) is 13.0 Å². The lowest BCUT2D eigenvalue weighted by Gasteiger charge is -2.07. The average Bonchev–Trinajstić information content (AvgIpc) is 3.04. The molecule has 25 heavy (non-hydrogen) atoms. The maximum Gasteiger partial charge on any atom is 0.320 e. The van der Waals surface area contributed by atoms with E-state index in [4.69, 9.17) is 0 Å². The van der Waals surface area contributed by atoms with Gasteiger partial charge in [-0.15, -0.1) is 0 Å². The van der Waals surface area contributed by atoms with Gasteiger partial charge in [0.2, 0.25) is 0 Å². The fraction of sp³-hybridized carbons (Fsp3) is 0.167. The molecule has 0 spiro atoms. The Morgan fingerprint density at radius 3 is 2.76 bits per heavy atom. The number of nitrogens with one attached hydrogen (secondary N) is 2. The molecule has 0 unspecified atom stereocenters. The Bertz CT molecular complexity index is 832. The molecule has 0 saturated carbocycles. The lowest BCUT2D eigenvalue weighted by Crippen LogP contribution is -2.30. The lowest BCUT2D eigenvalue weighted by atomic mass is 10.1. The van der Waals surface area contributed by atoms with Crippen molar-refractivity contribution in [2.45, 2.75) is 13.0 Å². The van der Waals surface area contributed by atoms with E-state index < -0.39 is 0 Å². The summed E-state index contributed by atoms with van der Waals surface area (Å²) in [5.74, 6) is 0.703. The van der Waals surface area contributed by atoms with Crippen LogP contribution in [-0.4, -0.2) is 32.4 Å². The van der Waals surface area contributed by atoms with Crippen molar-refractivity contribution in [2.75, 3.05) is 11.9 Å². The number of phenolic OH excluding ortho intramolecular Hbond substituents is 1. The van der Waals surface area contributed by atoms with E-state index in [1.54, 1.807) is 35.3 Å². The van der Waals surface area contributed by atoms with E-state index >= 15 is 0 Å². The molecule has 2 heterocycles. The van der Waals surface area contributed by atoms with Crippen molar-refractivity contribution in [3.05, 3.63) is 72.2 Å². The standard InChI is InChI=1S/C18H19N5O2/c24-16-7-2-1-5-14(16)8-11-20-18(25)21-17-9-12-23(22-17)13-15-6-3-4-10-19-15/h1-7,9-10,12,24H,8,11,13H2,(H2,20,21,22,25). The topological polar surface area (TPSA) is 92.1 Å². The van der Waals surface area contributed by atoms with Crippen molar-refractivity contribution < 1.29 is 9.90 Å². The smallest absolute Gasteiger partial charge is 0.320 e. The van der Waals surface area contributed by atoms with Gasteiger partial charge in [0.25, 0.3) is 0 Å². The second-order valence-electron chi connectivity index (χ2n) is 5.48. The molecule has 0 saturated heterocycles. The van der Waals surface area contributed by atoms with E-state index in [9.17, 15) is 9.90 Å². The number of aromatic hydroxyl groups is 1. The second kappa shape index (κ2) is 7.96. The molecule has 7 heteroatoms. The number of carbonyl (C=O) groups is 1. The van der Waals surface area contributed by atoms with Crippen molar-refractivity contribution in [1.29, 1.82) is 0 Å². The maximum atomic E-state index is 11.9. The molecule has 0 aliphatic heterocycles. The summed E-state index contributed by atoms with van der Waals surface area (Å²) in [4.78, 5) is 16.1. The Labute approximate surface area is 145 Å². The SMILES string of the molecule is O=C(NCCc1ccccc1O)Nc1ccn(Cc2ccccn2)n1. The predicted molar refractivity (Wildman–Crippen MR) is 94.4 cm³/mol. The zero-order valence-corrected chi connectivity index (χ0v) is 13.6. The van der Waals surface area contributed by atoms with Crippen LogP contribution in [0.25, 0.3) is 0 Å². The van der Waals surface area contributed by atoms with Crippen molar-refractivity contribution in [1.82, 2.24) is 20.1 Å². The van der Waals surface area contributed by atoms with Crippen LogP contribution >= 0.6 is 0 Å². The Hall–Kier alpha value is -3.35. The third-order valence-electron chi connectivity index (χ3n) is 3.60. The summed E-state index contributed by atoms with van der Waals surface area (Å²) >= 11 is 0. The van der Waals surface area contributed by atoms with Gasteiger partial charge in [-0.3, -0.25) is 15.0 Å². The average molecular weight is 337 g/mol. The summed E-state index contributed by atoms with van der Waals surface area (Å²) in [5, 5.41) is 19.4. The first-order valence-corrected chi connectivity index (χ1v) is 7.96. The summed E-state index contributed by atoms with van der Waals surface area (Å²) < 4.78 is 1.71. The monoisotopic (exact) mass is 337 g/mol. The molecule has 2 aromatic heterocycles. The first-order valence-electron chi connectivity index (χ1n) is 7.96. The van der Waals surface area contributed by atoms with Crippen LogP contribution in [0.2, 0.25) is 0 Å². The minimum Gasteiger partial charge on any atom is -0.508 e. The molecule has 0 fully saturated rings. The van der Waals surface area contributed by atoms with Gasteiger partial charge in [-0.2, -0.15) is 5.10 Å². The van der Waals surface area contributed by atoms with Gasteiger partial charge >= 0.3 is 6.03 Å². The van der Waals surface area contributed by atoms with Crippen LogP contribution in [0.5, 0.6) is 5.75 Å². The molecule has 2 amide bonds. The number of carbonyl (C=O) groups excluding carboxylic acids is 1. The van der Waals surface area contributed by atoms with Crippen LogP contribution < -0.4 is 10.6 Å². The van der Waals surface area contributed by atoms with E-state index in [2.05, 4.69) is 20.7 Å². The summed E-state index contributed by atoms with van der Waals surface area (Å²) in [6.45, 7) is 0.954. The predicted octanol–water partition coefficient (Wildman–Crippen LogP) is 2.40. The van der Waals surface area contributed by atoms with Crippen molar-refractivity contribution in [2.24, 2.45) is 0 Å². The first-order chi connectivity index (χ1) is 12.2. The number of nitrogens with zero attached hydrogens (tertiary/aromatic N) is 3. The molecule has 0 atom stereocenters. The Morgan fingerprint density at radius 1 is 1.12 bits per heavy atom. The summed E-state index contributed by atoms with van der Waals surface area (Å²) in [7, 11) is 0. The van der Waals surface area contributed by atoms with Crippen molar-refractivity contribution in [3.63, 3.8) is 0 Å². The fourth-order valence-corrected chi connectivity index (χ4v) is 2.37. The fourth-order valence-electron chi connectivity index (χ4n) is 2.37. The van der Waals surface area contributed by atoms with E-state index in [1.165, 1.54) is 0 Å². The normalized spacial score (nSPS) is 10.4. The third kappa shape index (κ3) is 4.81. The molecule has 128 valence electrons. The van der Waals surface area contributed by atoms with Gasteiger partial charge in [-0.1, -0.05) is 24.3 Å².